The maximum Gasteiger partial charge on any atom is 0.514 e. The highest BCUT2D eigenvalue weighted by Gasteiger charge is 2.46. The molecule has 4 N–H and O–H groups in total. The molecule has 10 atom stereocenters. The van der Waals surface area contributed by atoms with Gasteiger partial charge in [-0.05, 0) is 118 Å². The van der Waals surface area contributed by atoms with Gasteiger partial charge in [-0.25, -0.2) is 31.2 Å². The number of hydrogen-bond acceptors (Lipinski definition) is 23. The van der Waals surface area contributed by atoms with Gasteiger partial charge in [0.1, 0.15) is 35.1 Å². The summed E-state index contributed by atoms with van der Waals surface area (Å²) < 4.78 is 109. The van der Waals surface area contributed by atoms with Crippen molar-refractivity contribution in [2.45, 2.75) is 124 Å². The Kier molecular flexibility index (Phi) is 27.4. The number of ether oxygens (including phenoxy) is 10. The SMILES string of the molecule is COc1ccc(S(=O)(=O)N(CCC#N)CC(O)[C@H](Cc2ccccc2)NC(=O)OC2COC3OCCC23)cc1.COc1ccc(S(=O)(=O)N(CCC#N)C[C@@H](O)[C@H](Cc2ccccc2)NC(=O)OC(C)(C)C)cc1.O=C(Oc1ccc([N+](=O)[O-])cc1)OC1COC2OCCC12. The number of methoxy groups -OCH3 is 2. The molecule has 4 aliphatic rings. The van der Waals surface area contributed by atoms with E-state index in [0.717, 1.165) is 32.6 Å². The van der Waals surface area contributed by atoms with Crippen molar-refractivity contribution in [3.63, 3.8) is 0 Å². The number of rotatable bonds is 26. The Hall–Kier alpha value is -8.53. The fraction of sp³-hybridized carbons (Fsp3) is 0.462. The van der Waals surface area contributed by atoms with Crippen LogP contribution in [0.2, 0.25) is 0 Å². The zero-order chi connectivity index (χ0) is 68.7. The van der Waals surface area contributed by atoms with Crippen molar-refractivity contribution in [1.82, 2.24) is 19.2 Å². The molecular weight excluding hydrogens is 1280 g/mol. The lowest BCUT2D eigenvalue weighted by Crippen LogP contribution is -2.51. The van der Waals surface area contributed by atoms with Gasteiger partial charge < -0.3 is 68.2 Å². The van der Waals surface area contributed by atoms with Crippen LogP contribution in [0.15, 0.2) is 143 Å². The maximum atomic E-state index is 13.4. The number of fused-ring (bicyclic) bond motifs is 2. The van der Waals surface area contributed by atoms with E-state index in [9.17, 15) is 51.5 Å². The summed E-state index contributed by atoms with van der Waals surface area (Å²) >= 11 is 0. The molecule has 7 unspecified atom stereocenters. The van der Waals surface area contributed by atoms with Crippen molar-refractivity contribution in [3.05, 3.63) is 155 Å². The van der Waals surface area contributed by atoms with Crippen molar-refractivity contribution in [3.8, 4) is 29.4 Å². The molecule has 4 heterocycles. The number of aliphatic hydroxyl groups is 2. The van der Waals surface area contributed by atoms with Crippen LogP contribution in [0.25, 0.3) is 0 Å². The van der Waals surface area contributed by atoms with Gasteiger partial charge >= 0.3 is 18.3 Å². The summed E-state index contributed by atoms with van der Waals surface area (Å²) in [4.78, 5) is 47.1. The van der Waals surface area contributed by atoms with E-state index in [1.54, 1.807) is 20.8 Å². The van der Waals surface area contributed by atoms with Gasteiger partial charge in [-0.3, -0.25) is 10.1 Å². The lowest BCUT2D eigenvalue weighted by molar-refractivity contribution is -0.384. The number of amides is 2. The predicted octanol–water partition coefficient (Wildman–Crippen LogP) is 7.03. The van der Waals surface area contributed by atoms with Crippen LogP contribution in [0.3, 0.4) is 0 Å². The summed E-state index contributed by atoms with van der Waals surface area (Å²) in [6, 6.07) is 37.5. The Morgan fingerprint density at radius 3 is 1.43 bits per heavy atom. The molecule has 0 aliphatic carbocycles. The van der Waals surface area contributed by atoms with Crippen LogP contribution in [-0.4, -0.2) is 180 Å². The van der Waals surface area contributed by atoms with Crippen LogP contribution in [-0.2, 0) is 66.0 Å². The summed E-state index contributed by atoms with van der Waals surface area (Å²) in [7, 11) is -5.15. The summed E-state index contributed by atoms with van der Waals surface area (Å²) in [5.41, 5.74) is 0.847. The number of sulfonamides is 2. The van der Waals surface area contributed by atoms with Crippen LogP contribution >= 0.6 is 0 Å². The van der Waals surface area contributed by atoms with Gasteiger partial charge in [0, 0.05) is 51.2 Å². The first-order chi connectivity index (χ1) is 45.4. The van der Waals surface area contributed by atoms with Crippen LogP contribution in [0.5, 0.6) is 17.2 Å². The third-order valence-electron chi connectivity index (χ3n) is 15.4. The van der Waals surface area contributed by atoms with Gasteiger partial charge in [-0.2, -0.15) is 19.1 Å². The molecule has 0 spiro atoms. The number of nitriles is 2. The van der Waals surface area contributed by atoms with Crippen molar-refractivity contribution < 1.29 is 93.7 Å². The molecule has 4 saturated heterocycles. The average Bonchev–Trinajstić information content (AvgIpc) is 1.60. The number of aliphatic hydroxyl groups excluding tert-OH is 2. The standard InChI is InChI=1S/C27H33N3O8S.C25H33N3O6S.C13H13NO7/c1-35-20-8-10-21(11-9-20)39(33,34)30(14-5-13-28)17-24(31)23(16-19-6-3-2-4-7-19)29-27(32)38-25-18-37-26-22(25)12-15-36-26;1-25(2,3)34-24(30)27-22(17-19-9-6-5-7-10-19)23(29)18-28(16-8-15-26)35(31,32)21-13-11-20(33-4)12-14-21;15-13(20-9-3-1-8(2-4-9)14(16)17)21-11-7-19-12-10(11)5-6-18-12/h2-4,6-11,22-26,31H,5,12,14-18H2,1H3,(H,29,32);5-7,9-14,22-23,29H,8,16-18H2,1-4H3,(H,27,30);1-4,10-12H,5-7H2/t22?,23-,24?,25?,26?;22-,23+;/m00./s1. The molecule has 4 aliphatic heterocycles. The van der Waals surface area contributed by atoms with E-state index >= 15 is 0 Å². The Labute approximate surface area is 551 Å². The summed E-state index contributed by atoms with van der Waals surface area (Å²) in [6.45, 7) is 5.86. The second kappa shape index (κ2) is 35.3. The first kappa shape index (κ1) is 73.9. The molecule has 0 radical (unpaired) electrons. The van der Waals surface area contributed by atoms with E-state index in [1.165, 1.54) is 87.0 Å². The van der Waals surface area contributed by atoms with Crippen LogP contribution < -0.4 is 24.8 Å². The quantitative estimate of drug-likeness (QED) is 0.0142. The largest absolute Gasteiger partial charge is 0.514 e. The number of benzene rings is 5. The van der Waals surface area contributed by atoms with E-state index in [-0.39, 0.29) is 117 Å². The lowest BCUT2D eigenvalue weighted by Gasteiger charge is -2.30. The zero-order valence-corrected chi connectivity index (χ0v) is 54.7. The Morgan fingerprint density at radius 2 is 1.03 bits per heavy atom. The monoisotopic (exact) mass is 1360 g/mol. The number of hydrogen-bond donors (Lipinski definition) is 4. The molecule has 28 nitrogen and oxygen atoms in total. The van der Waals surface area contributed by atoms with Gasteiger partial charge in [-0.1, -0.05) is 60.7 Å². The van der Waals surface area contributed by atoms with Crippen molar-refractivity contribution >= 4 is 44.1 Å². The number of alkyl carbamates (subject to hydrolysis) is 2. The van der Waals surface area contributed by atoms with Crippen molar-refractivity contribution in [2.75, 3.05) is 66.8 Å². The molecule has 2 amide bonds. The summed E-state index contributed by atoms with van der Waals surface area (Å²) in [5, 5.41) is 56.5. The molecule has 5 aromatic carbocycles. The fourth-order valence-corrected chi connectivity index (χ4v) is 13.4. The minimum atomic E-state index is -4.06. The Balaban J connectivity index is 0.000000210. The normalized spacial score (nSPS) is 20.0. The highest BCUT2D eigenvalue weighted by atomic mass is 32.2. The minimum Gasteiger partial charge on any atom is -0.497 e. The van der Waals surface area contributed by atoms with Gasteiger partial charge in [-0.15, -0.1) is 0 Å². The number of nitro groups is 1. The van der Waals surface area contributed by atoms with E-state index in [4.69, 9.17) is 57.9 Å². The zero-order valence-electron chi connectivity index (χ0n) is 53.1. The molecular formula is C65H79N7O21S2. The Bertz CT molecular complexity index is 3600. The average molecular weight is 1360 g/mol. The minimum absolute atomic E-state index is 0.00292. The van der Waals surface area contributed by atoms with Crippen LogP contribution in [0.1, 0.15) is 57.6 Å². The fourth-order valence-electron chi connectivity index (χ4n) is 10.5. The number of nitro benzene ring substituents is 1. The molecule has 4 fully saturated rings. The maximum absolute atomic E-state index is 13.4. The number of non-ortho nitro benzene ring substituents is 1. The second-order valence-electron chi connectivity index (χ2n) is 23.2. The van der Waals surface area contributed by atoms with Crippen molar-refractivity contribution in [2.24, 2.45) is 11.8 Å². The molecule has 0 bridgehead atoms. The van der Waals surface area contributed by atoms with Crippen LogP contribution in [0, 0.1) is 44.6 Å². The highest BCUT2D eigenvalue weighted by Crippen LogP contribution is 2.35. The van der Waals surface area contributed by atoms with Gasteiger partial charge in [0.2, 0.25) is 20.0 Å². The highest BCUT2D eigenvalue weighted by molar-refractivity contribution is 7.89. The smallest absolute Gasteiger partial charge is 0.497 e. The van der Waals surface area contributed by atoms with E-state index in [0.29, 0.717) is 24.7 Å². The topological polar surface area (TPSA) is 374 Å². The second-order valence-corrected chi connectivity index (χ2v) is 27.0. The first-order valence-electron chi connectivity index (χ1n) is 30.4. The molecule has 0 aromatic heterocycles. The molecule has 30 heteroatoms. The molecule has 9 rings (SSSR count). The molecule has 5 aromatic rings. The first-order valence-corrected chi connectivity index (χ1v) is 33.3. The van der Waals surface area contributed by atoms with Gasteiger partial charge in [0.05, 0.1) is 104 Å². The van der Waals surface area contributed by atoms with E-state index in [1.807, 2.05) is 72.8 Å². The van der Waals surface area contributed by atoms with E-state index in [2.05, 4.69) is 10.6 Å². The lowest BCUT2D eigenvalue weighted by atomic mass is 10.0. The summed E-state index contributed by atoms with van der Waals surface area (Å²) in [5.74, 6) is 1.16. The number of carbonyl (C=O) groups excluding carboxylic acids is 3. The van der Waals surface area contributed by atoms with Crippen LogP contribution in [0.4, 0.5) is 20.1 Å². The van der Waals surface area contributed by atoms with Gasteiger partial charge in [0.15, 0.2) is 12.6 Å². The predicted molar refractivity (Wildman–Crippen MR) is 338 cm³/mol. The number of nitrogens with one attached hydrogen (secondary N) is 2. The molecule has 95 heavy (non-hydrogen) atoms. The van der Waals surface area contributed by atoms with Crippen molar-refractivity contribution in [1.29, 1.82) is 10.5 Å². The van der Waals surface area contributed by atoms with E-state index < -0.39 is 79.3 Å². The third kappa shape index (κ3) is 22.0. The molecule has 0 saturated carbocycles. The molecule has 512 valence electrons. The number of nitrogens with zero attached hydrogens (tertiary/aromatic N) is 5. The Morgan fingerprint density at radius 1 is 0.621 bits per heavy atom. The number of carbonyl (C=O) groups is 3. The third-order valence-corrected chi connectivity index (χ3v) is 19.1. The van der Waals surface area contributed by atoms with Gasteiger partial charge in [0.25, 0.3) is 5.69 Å². The summed E-state index contributed by atoms with van der Waals surface area (Å²) in [6.07, 6.45) is -4.64.